The van der Waals surface area contributed by atoms with Crippen molar-refractivity contribution < 1.29 is 9.53 Å². The molecule has 0 unspecified atom stereocenters. The standard InChI is InChI=1S/C25H35N5O2/c1-28(2)25-20-17-29(3)16-14-21(20)26-24(27-25)22-7-5-6-15-30(22)23(31)13-10-18-8-11-19(32-4)12-9-18/h8-9,11-12,22H,5-7,10,13-17H2,1-4H3/t22-/m0/s1. The van der Waals surface area contributed by atoms with Crippen LogP contribution in [0.15, 0.2) is 24.3 Å². The minimum atomic E-state index is -0.0317. The molecule has 1 amide bonds. The third kappa shape index (κ3) is 4.88. The molecule has 0 radical (unpaired) electrons. The summed E-state index contributed by atoms with van der Waals surface area (Å²) < 4.78 is 5.23. The van der Waals surface area contributed by atoms with E-state index in [1.807, 2.05) is 43.3 Å². The molecule has 3 heterocycles. The average molecular weight is 438 g/mol. The number of likely N-dealkylation sites (tertiary alicyclic amines) is 1. The maximum Gasteiger partial charge on any atom is 0.223 e. The van der Waals surface area contributed by atoms with E-state index in [1.54, 1.807) is 7.11 Å². The molecule has 2 aliphatic heterocycles. The second-order valence-electron chi connectivity index (χ2n) is 9.16. The van der Waals surface area contributed by atoms with Crippen molar-refractivity contribution in [3.63, 3.8) is 0 Å². The summed E-state index contributed by atoms with van der Waals surface area (Å²) in [6.45, 7) is 2.66. The molecule has 0 spiro atoms. The second-order valence-corrected chi connectivity index (χ2v) is 9.16. The lowest BCUT2D eigenvalue weighted by atomic mass is 9.99. The van der Waals surface area contributed by atoms with E-state index < -0.39 is 0 Å². The molecule has 0 N–H and O–H groups in total. The summed E-state index contributed by atoms with van der Waals surface area (Å²) in [5, 5.41) is 0. The summed E-state index contributed by atoms with van der Waals surface area (Å²) in [7, 11) is 7.89. The summed E-state index contributed by atoms with van der Waals surface area (Å²) >= 11 is 0. The maximum absolute atomic E-state index is 13.3. The third-order valence-electron chi connectivity index (χ3n) is 6.58. The molecule has 7 nitrogen and oxygen atoms in total. The zero-order valence-corrected chi connectivity index (χ0v) is 19.8. The largest absolute Gasteiger partial charge is 0.497 e. The lowest BCUT2D eigenvalue weighted by Crippen LogP contribution is -2.40. The molecular weight excluding hydrogens is 402 g/mol. The first-order valence-corrected chi connectivity index (χ1v) is 11.6. The molecule has 32 heavy (non-hydrogen) atoms. The third-order valence-corrected chi connectivity index (χ3v) is 6.58. The highest BCUT2D eigenvalue weighted by Gasteiger charge is 2.32. The fraction of sp³-hybridized carbons (Fsp3) is 0.560. The van der Waals surface area contributed by atoms with E-state index in [9.17, 15) is 4.79 Å². The van der Waals surface area contributed by atoms with Crippen LogP contribution in [-0.2, 0) is 24.2 Å². The van der Waals surface area contributed by atoms with Gasteiger partial charge in [-0.3, -0.25) is 4.79 Å². The molecular formula is C25H35N5O2. The zero-order chi connectivity index (χ0) is 22.7. The van der Waals surface area contributed by atoms with Gasteiger partial charge < -0.3 is 19.4 Å². The zero-order valence-electron chi connectivity index (χ0n) is 19.8. The van der Waals surface area contributed by atoms with Crippen LogP contribution in [0.2, 0.25) is 0 Å². The Labute approximate surface area is 191 Å². The molecule has 1 fully saturated rings. The van der Waals surface area contributed by atoms with E-state index in [2.05, 4.69) is 16.8 Å². The predicted octanol–water partition coefficient (Wildman–Crippen LogP) is 3.23. The van der Waals surface area contributed by atoms with Gasteiger partial charge in [0.15, 0.2) is 5.82 Å². The Kier molecular flexibility index (Phi) is 6.94. The molecule has 1 atom stereocenters. The van der Waals surface area contributed by atoms with E-state index in [0.717, 1.165) is 80.4 Å². The number of methoxy groups -OCH3 is 1. The van der Waals surface area contributed by atoms with Gasteiger partial charge in [-0.05, 0) is 50.4 Å². The molecule has 1 aromatic heterocycles. The number of rotatable bonds is 6. The Morgan fingerprint density at radius 1 is 1.16 bits per heavy atom. The summed E-state index contributed by atoms with van der Waals surface area (Å²) in [4.78, 5) is 29.7. The second kappa shape index (κ2) is 9.86. The number of ether oxygens (including phenoxy) is 1. The Morgan fingerprint density at radius 2 is 1.94 bits per heavy atom. The van der Waals surface area contributed by atoms with E-state index in [4.69, 9.17) is 14.7 Å². The first kappa shape index (κ1) is 22.5. The van der Waals surface area contributed by atoms with Crippen molar-refractivity contribution in [1.82, 2.24) is 19.8 Å². The van der Waals surface area contributed by atoms with Crippen molar-refractivity contribution >= 4 is 11.7 Å². The molecule has 172 valence electrons. The van der Waals surface area contributed by atoms with Crippen LogP contribution >= 0.6 is 0 Å². The van der Waals surface area contributed by atoms with E-state index in [0.29, 0.717) is 6.42 Å². The molecule has 0 saturated carbocycles. The van der Waals surface area contributed by atoms with Gasteiger partial charge in [0.05, 0.1) is 18.8 Å². The van der Waals surface area contributed by atoms with Gasteiger partial charge in [-0.15, -0.1) is 0 Å². The SMILES string of the molecule is COc1ccc(CCC(=O)N2CCCC[C@H]2c2nc3c(c(N(C)C)n2)CN(C)CC3)cc1. The fourth-order valence-corrected chi connectivity index (χ4v) is 4.75. The maximum atomic E-state index is 13.3. The molecule has 7 heteroatoms. The van der Waals surface area contributed by atoms with Crippen LogP contribution in [-0.4, -0.2) is 67.0 Å². The van der Waals surface area contributed by atoms with E-state index in [-0.39, 0.29) is 11.9 Å². The Hall–Kier alpha value is -2.67. The number of aryl methyl sites for hydroxylation is 1. The smallest absolute Gasteiger partial charge is 0.223 e. The first-order chi connectivity index (χ1) is 15.5. The van der Waals surface area contributed by atoms with Crippen molar-refractivity contribution in [3.05, 3.63) is 46.9 Å². The number of likely N-dealkylation sites (N-methyl/N-ethyl adjacent to an activating group) is 1. The Bertz CT molecular complexity index is 944. The molecule has 1 aromatic carbocycles. The van der Waals surface area contributed by atoms with Gasteiger partial charge in [-0.1, -0.05) is 12.1 Å². The van der Waals surface area contributed by atoms with Gasteiger partial charge in [0, 0.05) is 52.1 Å². The summed E-state index contributed by atoms with van der Waals surface area (Å²) in [5.74, 6) is 2.84. The fourth-order valence-electron chi connectivity index (χ4n) is 4.75. The highest BCUT2D eigenvalue weighted by atomic mass is 16.5. The topological polar surface area (TPSA) is 61.8 Å². The van der Waals surface area contributed by atoms with Gasteiger partial charge in [-0.2, -0.15) is 0 Å². The number of benzene rings is 1. The number of carbonyl (C=O) groups is 1. The van der Waals surface area contributed by atoms with E-state index in [1.165, 1.54) is 5.56 Å². The van der Waals surface area contributed by atoms with Crippen LogP contribution in [0.3, 0.4) is 0 Å². The highest BCUT2D eigenvalue weighted by Crippen LogP contribution is 2.33. The molecule has 0 aliphatic carbocycles. The molecule has 4 rings (SSSR count). The van der Waals surface area contributed by atoms with E-state index >= 15 is 0 Å². The monoisotopic (exact) mass is 437 g/mol. The lowest BCUT2D eigenvalue weighted by molar-refractivity contribution is -0.135. The van der Waals surface area contributed by atoms with Crippen LogP contribution in [0.1, 0.15) is 54.4 Å². The quantitative estimate of drug-likeness (QED) is 0.692. The summed E-state index contributed by atoms with van der Waals surface area (Å²) in [5.41, 5.74) is 3.52. The number of nitrogens with zero attached hydrogens (tertiary/aromatic N) is 5. The number of fused-ring (bicyclic) bond motifs is 1. The number of amides is 1. The van der Waals surface area contributed by atoms with Crippen LogP contribution in [0.4, 0.5) is 5.82 Å². The Balaban J connectivity index is 1.53. The van der Waals surface area contributed by atoms with Gasteiger partial charge in [0.25, 0.3) is 0 Å². The van der Waals surface area contributed by atoms with Crippen molar-refractivity contribution in [2.24, 2.45) is 0 Å². The van der Waals surface area contributed by atoms with Crippen molar-refractivity contribution in [2.75, 3.05) is 46.2 Å². The molecule has 1 saturated heterocycles. The van der Waals surface area contributed by atoms with Gasteiger partial charge in [-0.25, -0.2) is 9.97 Å². The van der Waals surface area contributed by atoms with Crippen molar-refractivity contribution in [3.8, 4) is 5.75 Å². The lowest BCUT2D eigenvalue weighted by Gasteiger charge is -2.36. The average Bonchev–Trinajstić information content (AvgIpc) is 2.82. The number of aromatic nitrogens is 2. The highest BCUT2D eigenvalue weighted by molar-refractivity contribution is 5.77. The first-order valence-electron chi connectivity index (χ1n) is 11.6. The minimum Gasteiger partial charge on any atom is -0.497 e. The number of carbonyl (C=O) groups excluding carboxylic acids is 1. The molecule has 0 bridgehead atoms. The van der Waals surface area contributed by atoms with Crippen LogP contribution in [0.5, 0.6) is 5.75 Å². The van der Waals surface area contributed by atoms with Crippen LogP contribution in [0.25, 0.3) is 0 Å². The minimum absolute atomic E-state index is 0.0317. The summed E-state index contributed by atoms with van der Waals surface area (Å²) in [6.07, 6.45) is 5.24. The van der Waals surface area contributed by atoms with Crippen molar-refractivity contribution in [2.45, 2.75) is 51.1 Å². The summed E-state index contributed by atoms with van der Waals surface area (Å²) in [6, 6.07) is 7.94. The van der Waals surface area contributed by atoms with Crippen LogP contribution in [0, 0.1) is 0 Å². The Morgan fingerprint density at radius 3 is 2.66 bits per heavy atom. The molecule has 2 aromatic rings. The van der Waals surface area contributed by atoms with Crippen LogP contribution < -0.4 is 9.64 Å². The number of hydrogen-bond donors (Lipinski definition) is 0. The normalized spacial score (nSPS) is 18.9. The number of anilines is 1. The number of piperidine rings is 1. The number of hydrogen-bond acceptors (Lipinski definition) is 6. The van der Waals surface area contributed by atoms with Gasteiger partial charge in [0.1, 0.15) is 11.6 Å². The predicted molar refractivity (Wildman–Crippen MR) is 126 cm³/mol. The van der Waals surface area contributed by atoms with Gasteiger partial charge in [0.2, 0.25) is 5.91 Å². The van der Waals surface area contributed by atoms with Gasteiger partial charge >= 0.3 is 0 Å². The molecule has 2 aliphatic rings. The van der Waals surface area contributed by atoms with Crippen molar-refractivity contribution in [1.29, 1.82) is 0 Å².